The molecule has 0 aliphatic carbocycles. The SMILES string of the molecule is CC(C)(O)c1ccccc1C(=O)C[C@@H](c1cccc(C=Cc2ccc3ccc(Cl)cc3n2)c1)S(C)(=O)=O. The van der Waals surface area contributed by atoms with E-state index in [0.29, 0.717) is 21.7 Å². The number of benzene rings is 3. The lowest BCUT2D eigenvalue weighted by atomic mass is 9.89. The largest absolute Gasteiger partial charge is 0.386 e. The number of carbonyl (C=O) groups is 1. The number of nitrogens with zero attached hydrogens (tertiary/aromatic N) is 1. The molecule has 1 N–H and O–H groups in total. The van der Waals surface area contributed by atoms with Gasteiger partial charge in [-0.1, -0.05) is 78.3 Å². The molecule has 4 aromatic rings. The molecule has 0 fully saturated rings. The quantitative estimate of drug-likeness (QED) is 0.256. The molecule has 3 aromatic carbocycles. The van der Waals surface area contributed by atoms with Crippen LogP contribution in [0.15, 0.2) is 78.9 Å². The monoisotopic (exact) mass is 533 g/mol. The van der Waals surface area contributed by atoms with E-state index in [1.165, 1.54) is 0 Å². The highest BCUT2D eigenvalue weighted by Crippen LogP contribution is 2.31. The minimum atomic E-state index is -3.61. The number of pyridine rings is 1. The van der Waals surface area contributed by atoms with E-state index in [9.17, 15) is 18.3 Å². The Balaban J connectivity index is 1.63. The standard InChI is InChI=1S/C30H28ClNO4S/c1-30(2,34)26-10-5-4-9-25(26)28(33)19-29(37(3,35)36)22-8-6-7-20(17-22)11-15-24-16-13-21-12-14-23(31)18-27(21)32-24/h4-18,29,34H,19H2,1-3H3/t29-/m0/s1. The van der Waals surface area contributed by atoms with Crippen molar-refractivity contribution < 1.29 is 18.3 Å². The number of ketones is 1. The van der Waals surface area contributed by atoms with Crippen molar-refractivity contribution in [3.8, 4) is 0 Å². The lowest BCUT2D eigenvalue weighted by molar-refractivity contribution is 0.0752. The maximum Gasteiger partial charge on any atom is 0.164 e. The maximum absolute atomic E-state index is 13.3. The molecule has 0 unspecified atom stereocenters. The van der Waals surface area contributed by atoms with Gasteiger partial charge in [-0.2, -0.15) is 0 Å². The second-order valence-corrected chi connectivity index (χ2v) is 12.3. The van der Waals surface area contributed by atoms with Crippen molar-refractivity contribution in [2.75, 3.05) is 6.26 Å². The van der Waals surface area contributed by atoms with Crippen LogP contribution in [0.2, 0.25) is 5.02 Å². The number of carbonyl (C=O) groups excluding carboxylic acids is 1. The van der Waals surface area contributed by atoms with Crippen molar-refractivity contribution in [2.45, 2.75) is 31.1 Å². The van der Waals surface area contributed by atoms with Crippen molar-refractivity contribution in [1.29, 1.82) is 0 Å². The van der Waals surface area contributed by atoms with E-state index >= 15 is 0 Å². The fourth-order valence-corrected chi connectivity index (χ4v) is 5.56. The smallest absolute Gasteiger partial charge is 0.164 e. The predicted octanol–water partition coefficient (Wildman–Crippen LogP) is 6.64. The minimum absolute atomic E-state index is 0.230. The van der Waals surface area contributed by atoms with E-state index in [1.807, 2.05) is 42.5 Å². The van der Waals surface area contributed by atoms with Crippen molar-refractivity contribution in [3.63, 3.8) is 0 Å². The summed E-state index contributed by atoms with van der Waals surface area (Å²) in [7, 11) is -3.61. The van der Waals surface area contributed by atoms with E-state index in [4.69, 9.17) is 11.6 Å². The average Bonchev–Trinajstić information content (AvgIpc) is 2.84. The summed E-state index contributed by atoms with van der Waals surface area (Å²) in [5.41, 5.74) is 2.37. The number of hydrogen-bond donors (Lipinski definition) is 1. The molecular weight excluding hydrogens is 506 g/mol. The molecule has 190 valence electrons. The molecule has 0 bridgehead atoms. The Bertz CT molecular complexity index is 1600. The number of hydrogen-bond acceptors (Lipinski definition) is 5. The van der Waals surface area contributed by atoms with Gasteiger partial charge < -0.3 is 5.11 Å². The zero-order valence-electron chi connectivity index (χ0n) is 20.9. The number of rotatable bonds is 8. The zero-order chi connectivity index (χ0) is 26.8. The molecule has 1 aromatic heterocycles. The van der Waals surface area contributed by atoms with E-state index < -0.39 is 20.7 Å². The molecule has 0 aliphatic rings. The Morgan fingerprint density at radius 2 is 1.73 bits per heavy atom. The molecule has 37 heavy (non-hydrogen) atoms. The van der Waals surface area contributed by atoms with Gasteiger partial charge in [-0.15, -0.1) is 0 Å². The Kier molecular flexibility index (Phi) is 7.64. The first-order valence-corrected chi connectivity index (χ1v) is 14.1. The number of aromatic nitrogens is 1. The fraction of sp³-hybridized carbons (Fsp3) is 0.200. The zero-order valence-corrected chi connectivity index (χ0v) is 22.4. The van der Waals surface area contributed by atoms with Crippen molar-refractivity contribution >= 4 is 50.3 Å². The van der Waals surface area contributed by atoms with Gasteiger partial charge in [-0.3, -0.25) is 4.79 Å². The first-order valence-electron chi connectivity index (χ1n) is 11.8. The number of fused-ring (bicyclic) bond motifs is 1. The van der Waals surface area contributed by atoms with Crippen LogP contribution in [0, 0.1) is 0 Å². The molecule has 7 heteroatoms. The number of sulfone groups is 1. The van der Waals surface area contributed by atoms with Crippen LogP contribution in [0.25, 0.3) is 23.1 Å². The minimum Gasteiger partial charge on any atom is -0.386 e. The van der Waals surface area contributed by atoms with Gasteiger partial charge in [0.15, 0.2) is 15.6 Å². The van der Waals surface area contributed by atoms with Crippen LogP contribution in [0.1, 0.15) is 58.3 Å². The summed E-state index contributed by atoms with van der Waals surface area (Å²) in [6.07, 6.45) is 4.61. The van der Waals surface area contributed by atoms with Crippen molar-refractivity contribution in [2.24, 2.45) is 0 Å². The topological polar surface area (TPSA) is 84.3 Å². The van der Waals surface area contributed by atoms with Gasteiger partial charge in [0.05, 0.1) is 22.1 Å². The van der Waals surface area contributed by atoms with Crippen LogP contribution in [0.5, 0.6) is 0 Å². The molecule has 0 saturated carbocycles. The molecule has 0 radical (unpaired) electrons. The van der Waals surface area contributed by atoms with Gasteiger partial charge in [0, 0.05) is 28.6 Å². The van der Waals surface area contributed by atoms with Crippen molar-refractivity contribution in [1.82, 2.24) is 4.98 Å². The normalized spacial score (nSPS) is 13.2. The second kappa shape index (κ2) is 10.6. The number of Topliss-reactive ketones (excluding diaryl/α,β-unsaturated/α-hetero) is 1. The molecular formula is C30H28ClNO4S. The van der Waals surface area contributed by atoms with Crippen LogP contribution < -0.4 is 0 Å². The van der Waals surface area contributed by atoms with Crippen LogP contribution in [0.3, 0.4) is 0 Å². The summed E-state index contributed by atoms with van der Waals surface area (Å²) in [6, 6.07) is 23.3. The molecule has 4 rings (SSSR count). The Labute approximate surface area is 222 Å². The average molecular weight is 534 g/mol. The Morgan fingerprint density at radius 1 is 1.00 bits per heavy atom. The second-order valence-electron chi connectivity index (χ2n) is 9.63. The summed E-state index contributed by atoms with van der Waals surface area (Å²) < 4.78 is 25.6. The Hall–Kier alpha value is -3.32. The third-order valence-corrected chi connectivity index (χ3v) is 7.89. The van der Waals surface area contributed by atoms with Gasteiger partial charge >= 0.3 is 0 Å². The number of halogens is 1. The number of aliphatic hydroxyl groups is 1. The van der Waals surface area contributed by atoms with Gasteiger partial charge in [0.25, 0.3) is 0 Å². The van der Waals surface area contributed by atoms with E-state index in [0.717, 1.165) is 28.4 Å². The maximum atomic E-state index is 13.3. The van der Waals surface area contributed by atoms with Crippen LogP contribution in [-0.4, -0.2) is 30.5 Å². The first-order chi connectivity index (χ1) is 17.4. The highest BCUT2D eigenvalue weighted by atomic mass is 35.5. The third kappa shape index (κ3) is 6.52. The van der Waals surface area contributed by atoms with Crippen LogP contribution in [0.4, 0.5) is 0 Å². The van der Waals surface area contributed by atoms with Crippen molar-refractivity contribution in [3.05, 3.63) is 112 Å². The molecule has 0 saturated heterocycles. The summed E-state index contributed by atoms with van der Waals surface area (Å²) >= 11 is 6.09. The van der Waals surface area contributed by atoms with E-state index in [-0.39, 0.29) is 12.2 Å². The fourth-order valence-electron chi connectivity index (χ4n) is 4.30. The van der Waals surface area contributed by atoms with Crippen LogP contribution >= 0.6 is 11.6 Å². The van der Waals surface area contributed by atoms with Gasteiger partial charge in [-0.25, -0.2) is 13.4 Å². The summed E-state index contributed by atoms with van der Waals surface area (Å²) in [6.45, 7) is 3.20. The van der Waals surface area contributed by atoms with Gasteiger partial charge in [0.1, 0.15) is 0 Å². The highest BCUT2D eigenvalue weighted by Gasteiger charge is 2.29. The molecule has 0 amide bonds. The first kappa shape index (κ1) is 26.7. The molecule has 1 heterocycles. The summed E-state index contributed by atoms with van der Waals surface area (Å²) in [5.74, 6) is -0.340. The van der Waals surface area contributed by atoms with E-state index in [2.05, 4.69) is 4.98 Å². The molecule has 5 nitrogen and oxygen atoms in total. The van der Waals surface area contributed by atoms with Crippen LogP contribution in [-0.2, 0) is 15.4 Å². The van der Waals surface area contributed by atoms with Gasteiger partial charge in [-0.05, 0) is 54.8 Å². The Morgan fingerprint density at radius 3 is 2.46 bits per heavy atom. The summed E-state index contributed by atoms with van der Waals surface area (Å²) in [4.78, 5) is 17.9. The summed E-state index contributed by atoms with van der Waals surface area (Å²) in [5, 5.41) is 11.1. The lowest BCUT2D eigenvalue weighted by Crippen LogP contribution is -2.22. The molecule has 0 spiro atoms. The predicted molar refractivity (Wildman–Crippen MR) is 150 cm³/mol. The highest BCUT2D eigenvalue weighted by molar-refractivity contribution is 7.91. The van der Waals surface area contributed by atoms with Gasteiger partial charge in [0.2, 0.25) is 0 Å². The van der Waals surface area contributed by atoms with E-state index in [1.54, 1.807) is 62.4 Å². The lowest BCUT2D eigenvalue weighted by Gasteiger charge is -2.22. The molecule has 0 aliphatic heterocycles. The molecule has 1 atom stereocenters. The third-order valence-electron chi connectivity index (χ3n) is 6.18.